The highest BCUT2D eigenvalue weighted by molar-refractivity contribution is 5.84. The third-order valence-electron chi connectivity index (χ3n) is 3.30. The zero-order chi connectivity index (χ0) is 14.5. The van der Waals surface area contributed by atoms with Crippen LogP contribution in [-0.4, -0.2) is 31.1 Å². The SMILES string of the molecule is CC(C)NC(C)(CCN(C)c1ccccc1)C(N)=O. The number of primary amides is 1. The van der Waals surface area contributed by atoms with Gasteiger partial charge in [0.2, 0.25) is 5.91 Å². The topological polar surface area (TPSA) is 58.4 Å². The van der Waals surface area contributed by atoms with Gasteiger partial charge in [-0.25, -0.2) is 0 Å². The standard InChI is InChI=1S/C15H25N3O/c1-12(2)17-15(3,14(16)19)10-11-18(4)13-8-6-5-7-9-13/h5-9,12,17H,10-11H2,1-4H3,(H2,16,19). The van der Waals surface area contributed by atoms with Gasteiger partial charge in [0.05, 0.1) is 5.54 Å². The fourth-order valence-electron chi connectivity index (χ4n) is 2.11. The number of rotatable bonds is 7. The van der Waals surface area contributed by atoms with Crippen molar-refractivity contribution in [3.8, 4) is 0 Å². The van der Waals surface area contributed by atoms with Crippen LogP contribution in [0, 0.1) is 0 Å². The molecule has 1 rings (SSSR count). The molecule has 0 aliphatic carbocycles. The Morgan fingerprint density at radius 3 is 2.42 bits per heavy atom. The molecule has 0 aliphatic rings. The summed E-state index contributed by atoms with van der Waals surface area (Å²) in [5.74, 6) is -0.303. The maximum Gasteiger partial charge on any atom is 0.237 e. The first-order valence-electron chi connectivity index (χ1n) is 6.69. The molecule has 0 spiro atoms. The highest BCUT2D eigenvalue weighted by atomic mass is 16.1. The van der Waals surface area contributed by atoms with Gasteiger partial charge in [-0.05, 0) is 39.3 Å². The van der Waals surface area contributed by atoms with E-state index >= 15 is 0 Å². The van der Waals surface area contributed by atoms with Crippen LogP contribution < -0.4 is 16.0 Å². The second-order valence-corrected chi connectivity index (χ2v) is 5.50. The average molecular weight is 263 g/mol. The summed E-state index contributed by atoms with van der Waals surface area (Å²) in [6, 6.07) is 10.3. The molecule has 3 N–H and O–H groups in total. The van der Waals surface area contributed by atoms with Gasteiger partial charge in [0, 0.05) is 25.3 Å². The van der Waals surface area contributed by atoms with E-state index in [0.717, 1.165) is 12.2 Å². The maximum absolute atomic E-state index is 11.6. The molecule has 1 atom stereocenters. The Bertz CT molecular complexity index is 405. The molecular weight excluding hydrogens is 238 g/mol. The molecule has 19 heavy (non-hydrogen) atoms. The van der Waals surface area contributed by atoms with E-state index in [9.17, 15) is 4.79 Å². The molecule has 4 nitrogen and oxygen atoms in total. The van der Waals surface area contributed by atoms with Gasteiger partial charge in [0.1, 0.15) is 0 Å². The zero-order valence-electron chi connectivity index (χ0n) is 12.3. The van der Waals surface area contributed by atoms with Crippen LogP contribution in [0.25, 0.3) is 0 Å². The molecule has 106 valence electrons. The first-order chi connectivity index (χ1) is 8.85. The predicted molar refractivity (Wildman–Crippen MR) is 80.2 cm³/mol. The van der Waals surface area contributed by atoms with Crippen LogP contribution >= 0.6 is 0 Å². The van der Waals surface area contributed by atoms with E-state index in [1.165, 1.54) is 0 Å². The number of hydrogen-bond donors (Lipinski definition) is 2. The van der Waals surface area contributed by atoms with Gasteiger partial charge in [-0.3, -0.25) is 4.79 Å². The molecule has 4 heteroatoms. The lowest BCUT2D eigenvalue weighted by Crippen LogP contribution is -2.56. The predicted octanol–water partition coefficient (Wildman–Crippen LogP) is 1.75. The van der Waals surface area contributed by atoms with Crippen molar-refractivity contribution < 1.29 is 4.79 Å². The smallest absolute Gasteiger partial charge is 0.237 e. The van der Waals surface area contributed by atoms with Crippen LogP contribution in [-0.2, 0) is 4.79 Å². The Balaban J connectivity index is 2.64. The average Bonchev–Trinajstić information content (AvgIpc) is 2.36. The van der Waals surface area contributed by atoms with Crippen LogP contribution in [0.15, 0.2) is 30.3 Å². The Labute approximate surface area is 116 Å². The molecule has 0 saturated carbocycles. The van der Waals surface area contributed by atoms with Crippen LogP contribution in [0.2, 0.25) is 0 Å². The largest absolute Gasteiger partial charge is 0.375 e. The molecule has 1 unspecified atom stereocenters. The highest BCUT2D eigenvalue weighted by Crippen LogP contribution is 2.16. The Morgan fingerprint density at radius 2 is 1.95 bits per heavy atom. The number of carbonyl (C=O) groups excluding carboxylic acids is 1. The number of hydrogen-bond acceptors (Lipinski definition) is 3. The number of benzene rings is 1. The fourth-order valence-corrected chi connectivity index (χ4v) is 2.11. The van der Waals surface area contributed by atoms with Crippen LogP contribution in [0.1, 0.15) is 27.2 Å². The molecular formula is C15H25N3O. The van der Waals surface area contributed by atoms with E-state index in [0.29, 0.717) is 6.42 Å². The van der Waals surface area contributed by atoms with Crippen molar-refractivity contribution in [2.45, 2.75) is 38.8 Å². The van der Waals surface area contributed by atoms with Crippen molar-refractivity contribution in [2.75, 3.05) is 18.5 Å². The van der Waals surface area contributed by atoms with Crippen molar-refractivity contribution in [1.29, 1.82) is 0 Å². The van der Waals surface area contributed by atoms with E-state index < -0.39 is 5.54 Å². The summed E-state index contributed by atoms with van der Waals surface area (Å²) >= 11 is 0. The summed E-state index contributed by atoms with van der Waals surface area (Å²) < 4.78 is 0. The zero-order valence-corrected chi connectivity index (χ0v) is 12.3. The fraction of sp³-hybridized carbons (Fsp3) is 0.533. The molecule has 0 radical (unpaired) electrons. The Kier molecular flexibility index (Phi) is 5.36. The molecule has 0 heterocycles. The first kappa shape index (κ1) is 15.5. The molecule has 0 bridgehead atoms. The van der Waals surface area contributed by atoms with E-state index in [4.69, 9.17) is 5.73 Å². The van der Waals surface area contributed by atoms with Gasteiger partial charge in [0.15, 0.2) is 0 Å². The Hall–Kier alpha value is -1.55. The summed E-state index contributed by atoms with van der Waals surface area (Å²) in [6.07, 6.45) is 0.673. The molecule has 0 aliphatic heterocycles. The normalized spacial score (nSPS) is 14.2. The summed E-state index contributed by atoms with van der Waals surface area (Å²) in [6.45, 7) is 6.67. The quantitative estimate of drug-likeness (QED) is 0.788. The molecule has 0 saturated heterocycles. The second-order valence-electron chi connectivity index (χ2n) is 5.50. The van der Waals surface area contributed by atoms with Crippen LogP contribution in [0.3, 0.4) is 0 Å². The minimum atomic E-state index is -0.669. The molecule has 0 fully saturated rings. The number of amides is 1. The lowest BCUT2D eigenvalue weighted by Gasteiger charge is -2.32. The van der Waals surface area contributed by atoms with Gasteiger partial charge in [0.25, 0.3) is 0 Å². The second kappa shape index (κ2) is 6.57. The van der Waals surface area contributed by atoms with Crippen molar-refractivity contribution in [3.05, 3.63) is 30.3 Å². The maximum atomic E-state index is 11.6. The van der Waals surface area contributed by atoms with Crippen LogP contribution in [0.5, 0.6) is 0 Å². The third kappa shape index (κ3) is 4.56. The van der Waals surface area contributed by atoms with Crippen molar-refractivity contribution >= 4 is 11.6 Å². The summed E-state index contributed by atoms with van der Waals surface area (Å²) in [4.78, 5) is 13.8. The molecule has 1 aromatic rings. The van der Waals surface area contributed by atoms with E-state index in [2.05, 4.69) is 22.3 Å². The summed E-state index contributed by atoms with van der Waals surface area (Å²) in [5, 5.41) is 3.26. The molecule has 1 aromatic carbocycles. The third-order valence-corrected chi connectivity index (χ3v) is 3.30. The van der Waals surface area contributed by atoms with Gasteiger partial charge in [-0.2, -0.15) is 0 Å². The minimum Gasteiger partial charge on any atom is -0.375 e. The first-order valence-corrected chi connectivity index (χ1v) is 6.69. The van der Waals surface area contributed by atoms with Gasteiger partial charge in [-0.1, -0.05) is 18.2 Å². The monoisotopic (exact) mass is 263 g/mol. The number of anilines is 1. The minimum absolute atomic E-state index is 0.222. The van der Waals surface area contributed by atoms with Gasteiger partial charge in [-0.15, -0.1) is 0 Å². The van der Waals surface area contributed by atoms with Crippen molar-refractivity contribution in [2.24, 2.45) is 5.73 Å². The molecule has 1 amide bonds. The number of carbonyl (C=O) groups is 1. The van der Waals surface area contributed by atoms with Gasteiger partial charge >= 0.3 is 0 Å². The number of nitrogens with zero attached hydrogens (tertiary/aromatic N) is 1. The van der Waals surface area contributed by atoms with Gasteiger partial charge < -0.3 is 16.0 Å². The van der Waals surface area contributed by atoms with Crippen molar-refractivity contribution in [3.63, 3.8) is 0 Å². The Morgan fingerprint density at radius 1 is 1.37 bits per heavy atom. The van der Waals surface area contributed by atoms with E-state index in [1.807, 2.05) is 46.0 Å². The van der Waals surface area contributed by atoms with E-state index in [1.54, 1.807) is 0 Å². The summed E-state index contributed by atoms with van der Waals surface area (Å²) in [5.41, 5.74) is 5.99. The molecule has 0 aromatic heterocycles. The summed E-state index contributed by atoms with van der Waals surface area (Å²) in [7, 11) is 2.02. The van der Waals surface area contributed by atoms with Crippen molar-refractivity contribution in [1.82, 2.24) is 5.32 Å². The van der Waals surface area contributed by atoms with E-state index in [-0.39, 0.29) is 11.9 Å². The lowest BCUT2D eigenvalue weighted by atomic mass is 9.95. The lowest BCUT2D eigenvalue weighted by molar-refractivity contribution is -0.124. The highest BCUT2D eigenvalue weighted by Gasteiger charge is 2.31. The number of para-hydroxylation sites is 1. The number of nitrogens with two attached hydrogens (primary N) is 1. The number of nitrogens with one attached hydrogen (secondary N) is 1. The van der Waals surface area contributed by atoms with Crippen LogP contribution in [0.4, 0.5) is 5.69 Å².